The Balaban J connectivity index is 2.86. The number of hydrogen-bond donors (Lipinski definition) is 1. The predicted molar refractivity (Wildman–Crippen MR) is 76.9 cm³/mol. The molecular formula is C13H24N2O4S. The van der Waals surface area contributed by atoms with Crippen LogP contribution in [0.1, 0.15) is 40.5 Å². The molecule has 1 heterocycles. The lowest BCUT2D eigenvalue weighted by Crippen LogP contribution is -2.63. The Kier molecular flexibility index (Phi) is 5.56. The van der Waals surface area contributed by atoms with Gasteiger partial charge in [0, 0.05) is 6.54 Å². The van der Waals surface area contributed by atoms with E-state index < -0.39 is 27.2 Å². The standard InChI is InChI=1S/C13H24N2O4S/c1-5-6-11-12(16)14-10(4)13(17)15(11)7-8-20(18,19)9(2)3/h9-11H,5-8H2,1-4H3,(H,14,16). The number of nitrogens with zero attached hydrogens (tertiary/aromatic N) is 1. The van der Waals surface area contributed by atoms with Gasteiger partial charge in [-0.3, -0.25) is 9.59 Å². The highest BCUT2D eigenvalue weighted by atomic mass is 32.2. The van der Waals surface area contributed by atoms with Crippen LogP contribution in [0.2, 0.25) is 0 Å². The van der Waals surface area contributed by atoms with Crippen molar-refractivity contribution in [1.29, 1.82) is 0 Å². The fraction of sp³-hybridized carbons (Fsp3) is 0.846. The van der Waals surface area contributed by atoms with Gasteiger partial charge in [0.15, 0.2) is 9.84 Å². The number of carbonyl (C=O) groups excluding carboxylic acids is 2. The monoisotopic (exact) mass is 304 g/mol. The predicted octanol–water partition coefficient (Wildman–Crippen LogP) is 0.325. The lowest BCUT2D eigenvalue weighted by Gasteiger charge is -2.38. The van der Waals surface area contributed by atoms with Crippen LogP contribution in [-0.2, 0) is 19.4 Å². The first kappa shape index (κ1) is 16.9. The van der Waals surface area contributed by atoms with Gasteiger partial charge in [-0.1, -0.05) is 13.3 Å². The van der Waals surface area contributed by atoms with E-state index in [1.165, 1.54) is 4.90 Å². The fourth-order valence-corrected chi connectivity index (χ4v) is 3.13. The molecule has 1 rings (SSSR count). The third-order valence-electron chi connectivity index (χ3n) is 3.59. The highest BCUT2D eigenvalue weighted by molar-refractivity contribution is 7.92. The molecule has 0 aromatic rings. The summed E-state index contributed by atoms with van der Waals surface area (Å²) in [6.45, 7) is 6.87. The summed E-state index contributed by atoms with van der Waals surface area (Å²) in [5.41, 5.74) is 0. The first-order valence-corrected chi connectivity index (χ1v) is 8.74. The lowest BCUT2D eigenvalue weighted by molar-refractivity contribution is -0.148. The first-order valence-electron chi connectivity index (χ1n) is 7.03. The van der Waals surface area contributed by atoms with Gasteiger partial charge in [-0.15, -0.1) is 0 Å². The Morgan fingerprint density at radius 2 is 1.90 bits per heavy atom. The highest BCUT2D eigenvalue weighted by Crippen LogP contribution is 2.15. The van der Waals surface area contributed by atoms with E-state index >= 15 is 0 Å². The summed E-state index contributed by atoms with van der Waals surface area (Å²) in [5, 5.41) is 2.16. The quantitative estimate of drug-likeness (QED) is 0.766. The number of sulfone groups is 1. The molecule has 2 amide bonds. The third-order valence-corrected chi connectivity index (χ3v) is 5.78. The fourth-order valence-electron chi connectivity index (χ4n) is 2.20. The Hall–Kier alpha value is -1.11. The van der Waals surface area contributed by atoms with E-state index in [-0.39, 0.29) is 24.1 Å². The van der Waals surface area contributed by atoms with E-state index in [1.807, 2.05) is 6.92 Å². The van der Waals surface area contributed by atoms with Crippen LogP contribution in [0.25, 0.3) is 0 Å². The smallest absolute Gasteiger partial charge is 0.245 e. The van der Waals surface area contributed by atoms with Crippen LogP contribution in [0.3, 0.4) is 0 Å². The van der Waals surface area contributed by atoms with Crippen LogP contribution in [0.5, 0.6) is 0 Å². The van der Waals surface area contributed by atoms with Crippen molar-refractivity contribution in [1.82, 2.24) is 10.2 Å². The van der Waals surface area contributed by atoms with Crippen molar-refractivity contribution < 1.29 is 18.0 Å². The zero-order chi connectivity index (χ0) is 15.5. The van der Waals surface area contributed by atoms with Gasteiger partial charge in [0.05, 0.1) is 11.0 Å². The van der Waals surface area contributed by atoms with Crippen LogP contribution < -0.4 is 5.32 Å². The molecule has 0 radical (unpaired) electrons. The van der Waals surface area contributed by atoms with Gasteiger partial charge in [-0.05, 0) is 27.2 Å². The van der Waals surface area contributed by atoms with Crippen LogP contribution in [-0.4, -0.2) is 54.8 Å². The molecule has 0 saturated carbocycles. The Bertz CT molecular complexity index is 473. The second kappa shape index (κ2) is 6.56. The molecular weight excluding hydrogens is 280 g/mol. The van der Waals surface area contributed by atoms with Crippen molar-refractivity contribution in [2.75, 3.05) is 12.3 Å². The molecule has 116 valence electrons. The largest absolute Gasteiger partial charge is 0.343 e. The summed E-state index contributed by atoms with van der Waals surface area (Å²) in [4.78, 5) is 25.5. The van der Waals surface area contributed by atoms with E-state index in [9.17, 15) is 18.0 Å². The highest BCUT2D eigenvalue weighted by Gasteiger charge is 2.38. The first-order chi connectivity index (χ1) is 9.20. The SMILES string of the molecule is CCCC1C(=O)NC(C)C(=O)N1CCS(=O)(=O)C(C)C. The molecule has 0 spiro atoms. The lowest BCUT2D eigenvalue weighted by atomic mass is 10.0. The summed E-state index contributed by atoms with van der Waals surface area (Å²) >= 11 is 0. The van der Waals surface area contributed by atoms with Crippen LogP contribution in [0, 0.1) is 0 Å². The number of carbonyl (C=O) groups is 2. The summed E-state index contributed by atoms with van der Waals surface area (Å²) in [6, 6.07) is -1.14. The maximum atomic E-state index is 12.2. The molecule has 1 N–H and O–H groups in total. The number of nitrogens with one attached hydrogen (secondary N) is 1. The molecule has 1 fully saturated rings. The van der Waals surface area contributed by atoms with Crippen molar-refractivity contribution in [3.63, 3.8) is 0 Å². The van der Waals surface area contributed by atoms with Crippen LogP contribution in [0.4, 0.5) is 0 Å². The second-order valence-electron chi connectivity index (χ2n) is 5.48. The summed E-state index contributed by atoms with van der Waals surface area (Å²) < 4.78 is 23.7. The molecule has 2 atom stereocenters. The number of hydrogen-bond acceptors (Lipinski definition) is 4. The molecule has 0 bridgehead atoms. The zero-order valence-corrected chi connectivity index (χ0v) is 13.4. The molecule has 6 nitrogen and oxygen atoms in total. The number of amides is 2. The third kappa shape index (κ3) is 3.71. The average Bonchev–Trinajstić information content (AvgIpc) is 2.35. The van der Waals surface area contributed by atoms with Gasteiger partial charge in [0.25, 0.3) is 0 Å². The Morgan fingerprint density at radius 1 is 1.30 bits per heavy atom. The van der Waals surface area contributed by atoms with Crippen molar-refractivity contribution in [3.05, 3.63) is 0 Å². The van der Waals surface area contributed by atoms with E-state index in [0.29, 0.717) is 6.42 Å². The molecule has 1 aliphatic heterocycles. The Labute approximate surface area is 120 Å². The van der Waals surface area contributed by atoms with Crippen molar-refractivity contribution in [2.45, 2.75) is 57.9 Å². The van der Waals surface area contributed by atoms with Gasteiger partial charge in [-0.25, -0.2) is 8.42 Å². The van der Waals surface area contributed by atoms with Crippen molar-refractivity contribution in [3.8, 4) is 0 Å². The van der Waals surface area contributed by atoms with Crippen molar-refractivity contribution in [2.24, 2.45) is 0 Å². The summed E-state index contributed by atoms with van der Waals surface area (Å²) in [7, 11) is -3.22. The van der Waals surface area contributed by atoms with Gasteiger partial charge in [-0.2, -0.15) is 0 Å². The van der Waals surface area contributed by atoms with Crippen LogP contribution in [0.15, 0.2) is 0 Å². The van der Waals surface area contributed by atoms with E-state index in [2.05, 4.69) is 5.32 Å². The normalized spacial score (nSPS) is 24.1. The molecule has 7 heteroatoms. The van der Waals surface area contributed by atoms with Gasteiger partial charge < -0.3 is 10.2 Å². The minimum absolute atomic E-state index is 0.0851. The van der Waals surface area contributed by atoms with E-state index in [1.54, 1.807) is 20.8 Å². The maximum absolute atomic E-state index is 12.2. The average molecular weight is 304 g/mol. The molecule has 0 aliphatic carbocycles. The van der Waals surface area contributed by atoms with E-state index in [0.717, 1.165) is 6.42 Å². The molecule has 1 saturated heterocycles. The Morgan fingerprint density at radius 3 is 2.40 bits per heavy atom. The topological polar surface area (TPSA) is 83.6 Å². The number of piperazine rings is 1. The van der Waals surface area contributed by atoms with Gasteiger partial charge in [0.1, 0.15) is 12.1 Å². The van der Waals surface area contributed by atoms with E-state index in [4.69, 9.17) is 0 Å². The van der Waals surface area contributed by atoms with Crippen molar-refractivity contribution >= 4 is 21.7 Å². The molecule has 2 unspecified atom stereocenters. The molecule has 0 aromatic carbocycles. The minimum Gasteiger partial charge on any atom is -0.343 e. The summed E-state index contributed by atoms with van der Waals surface area (Å²) in [5.74, 6) is -0.501. The van der Waals surface area contributed by atoms with Gasteiger partial charge in [0.2, 0.25) is 11.8 Å². The number of rotatable bonds is 6. The summed E-state index contributed by atoms with van der Waals surface area (Å²) in [6.07, 6.45) is 1.30. The van der Waals surface area contributed by atoms with Gasteiger partial charge >= 0.3 is 0 Å². The molecule has 1 aliphatic rings. The zero-order valence-electron chi connectivity index (χ0n) is 12.5. The molecule has 20 heavy (non-hydrogen) atoms. The molecule has 0 aromatic heterocycles. The minimum atomic E-state index is -3.22. The maximum Gasteiger partial charge on any atom is 0.245 e. The second-order valence-corrected chi connectivity index (χ2v) is 8.16. The van der Waals surface area contributed by atoms with Crippen LogP contribution >= 0.6 is 0 Å².